The summed E-state index contributed by atoms with van der Waals surface area (Å²) in [6, 6.07) is 0.316. The molecule has 84 valence electrons. The standard InChI is InChI=1S/C11H23NO2/c1-8-3-4-9(2)11(5-8)12-10(6-13)7-14/h8-14H,3-7H2,1-2H3. The van der Waals surface area contributed by atoms with Crippen molar-refractivity contribution in [2.75, 3.05) is 13.2 Å². The third kappa shape index (κ3) is 3.23. The van der Waals surface area contributed by atoms with Crippen molar-refractivity contribution >= 4 is 0 Å². The predicted octanol–water partition coefficient (Wildman–Crippen LogP) is 0.754. The molecule has 0 spiro atoms. The molecule has 3 atom stereocenters. The maximum atomic E-state index is 8.99. The Hall–Kier alpha value is -0.120. The van der Waals surface area contributed by atoms with Crippen molar-refractivity contribution in [2.45, 2.75) is 45.2 Å². The molecule has 1 saturated carbocycles. The maximum Gasteiger partial charge on any atom is 0.0607 e. The van der Waals surface area contributed by atoms with Gasteiger partial charge in [0.15, 0.2) is 0 Å². The Balaban J connectivity index is 2.40. The lowest BCUT2D eigenvalue weighted by Gasteiger charge is -2.35. The number of aliphatic hydroxyl groups excluding tert-OH is 2. The molecule has 0 bridgehead atoms. The summed E-state index contributed by atoms with van der Waals surface area (Å²) in [6.45, 7) is 4.56. The van der Waals surface area contributed by atoms with Crippen LogP contribution in [0, 0.1) is 11.8 Å². The highest BCUT2D eigenvalue weighted by molar-refractivity contribution is 4.83. The first kappa shape index (κ1) is 12.0. The molecular weight excluding hydrogens is 178 g/mol. The van der Waals surface area contributed by atoms with E-state index in [1.807, 2.05) is 0 Å². The fourth-order valence-corrected chi connectivity index (χ4v) is 2.23. The van der Waals surface area contributed by atoms with Gasteiger partial charge in [-0.2, -0.15) is 0 Å². The Morgan fingerprint density at radius 3 is 2.43 bits per heavy atom. The molecule has 1 rings (SSSR count). The van der Waals surface area contributed by atoms with Gasteiger partial charge in [0.1, 0.15) is 0 Å². The van der Waals surface area contributed by atoms with E-state index in [0.717, 1.165) is 12.3 Å². The van der Waals surface area contributed by atoms with Crippen LogP contribution in [0.15, 0.2) is 0 Å². The van der Waals surface area contributed by atoms with E-state index in [1.165, 1.54) is 12.8 Å². The van der Waals surface area contributed by atoms with Crippen LogP contribution in [0.2, 0.25) is 0 Å². The SMILES string of the molecule is CC1CCC(C)C(NC(CO)CO)C1. The number of rotatable bonds is 4. The second kappa shape index (κ2) is 5.69. The summed E-state index contributed by atoms with van der Waals surface area (Å²) in [4.78, 5) is 0. The quantitative estimate of drug-likeness (QED) is 0.629. The molecule has 1 aliphatic rings. The van der Waals surface area contributed by atoms with Crippen LogP contribution in [-0.4, -0.2) is 35.5 Å². The van der Waals surface area contributed by atoms with Gasteiger partial charge >= 0.3 is 0 Å². The van der Waals surface area contributed by atoms with Gasteiger partial charge in [0.25, 0.3) is 0 Å². The third-order valence-corrected chi connectivity index (χ3v) is 3.35. The van der Waals surface area contributed by atoms with Crippen molar-refractivity contribution < 1.29 is 10.2 Å². The van der Waals surface area contributed by atoms with Crippen molar-refractivity contribution in [3.8, 4) is 0 Å². The molecule has 1 aliphatic carbocycles. The van der Waals surface area contributed by atoms with Crippen LogP contribution in [0.5, 0.6) is 0 Å². The van der Waals surface area contributed by atoms with Gasteiger partial charge in [-0.25, -0.2) is 0 Å². The van der Waals surface area contributed by atoms with Crippen molar-refractivity contribution in [1.29, 1.82) is 0 Å². The van der Waals surface area contributed by atoms with Gasteiger partial charge in [-0.1, -0.05) is 20.3 Å². The Bertz CT molecular complexity index is 159. The van der Waals surface area contributed by atoms with Gasteiger partial charge in [0.05, 0.1) is 19.3 Å². The summed E-state index contributed by atoms with van der Waals surface area (Å²) < 4.78 is 0. The first-order valence-electron chi connectivity index (χ1n) is 5.65. The first-order valence-corrected chi connectivity index (χ1v) is 5.65. The zero-order valence-electron chi connectivity index (χ0n) is 9.24. The van der Waals surface area contributed by atoms with Gasteiger partial charge < -0.3 is 15.5 Å². The molecule has 3 heteroatoms. The van der Waals surface area contributed by atoms with Gasteiger partial charge in [-0.05, 0) is 24.7 Å². The summed E-state index contributed by atoms with van der Waals surface area (Å²) >= 11 is 0. The molecule has 3 N–H and O–H groups in total. The second-order valence-electron chi connectivity index (χ2n) is 4.73. The van der Waals surface area contributed by atoms with Crippen LogP contribution >= 0.6 is 0 Å². The Kier molecular flexibility index (Phi) is 4.85. The van der Waals surface area contributed by atoms with Crippen LogP contribution in [-0.2, 0) is 0 Å². The molecule has 14 heavy (non-hydrogen) atoms. The van der Waals surface area contributed by atoms with E-state index in [-0.39, 0.29) is 19.3 Å². The van der Waals surface area contributed by atoms with Crippen LogP contribution in [0.4, 0.5) is 0 Å². The normalized spacial score (nSPS) is 33.6. The monoisotopic (exact) mass is 201 g/mol. The molecule has 0 aromatic rings. The summed E-state index contributed by atoms with van der Waals surface area (Å²) in [5.74, 6) is 1.42. The van der Waals surface area contributed by atoms with Crippen LogP contribution in [0.25, 0.3) is 0 Å². The van der Waals surface area contributed by atoms with Crippen LogP contribution < -0.4 is 5.32 Å². The Morgan fingerprint density at radius 2 is 1.86 bits per heavy atom. The molecule has 0 radical (unpaired) electrons. The van der Waals surface area contributed by atoms with E-state index < -0.39 is 0 Å². The summed E-state index contributed by atoms with van der Waals surface area (Å²) in [7, 11) is 0. The highest BCUT2D eigenvalue weighted by Gasteiger charge is 2.26. The average molecular weight is 201 g/mol. The molecule has 0 aromatic heterocycles. The first-order chi connectivity index (χ1) is 6.67. The van der Waals surface area contributed by atoms with Crippen molar-refractivity contribution in [3.05, 3.63) is 0 Å². The molecule has 0 amide bonds. The van der Waals surface area contributed by atoms with Crippen molar-refractivity contribution in [1.82, 2.24) is 5.32 Å². The lowest BCUT2D eigenvalue weighted by atomic mass is 9.80. The van der Waals surface area contributed by atoms with E-state index in [4.69, 9.17) is 10.2 Å². The summed E-state index contributed by atoms with van der Waals surface area (Å²) in [5, 5.41) is 21.3. The maximum absolute atomic E-state index is 8.99. The molecule has 0 aromatic carbocycles. The van der Waals surface area contributed by atoms with E-state index in [9.17, 15) is 0 Å². The zero-order valence-corrected chi connectivity index (χ0v) is 9.24. The van der Waals surface area contributed by atoms with E-state index >= 15 is 0 Å². The van der Waals surface area contributed by atoms with Gasteiger partial charge in [0.2, 0.25) is 0 Å². The predicted molar refractivity (Wildman–Crippen MR) is 57.1 cm³/mol. The lowest BCUT2D eigenvalue weighted by molar-refractivity contribution is 0.133. The number of hydrogen-bond donors (Lipinski definition) is 3. The van der Waals surface area contributed by atoms with Gasteiger partial charge in [0, 0.05) is 6.04 Å². The van der Waals surface area contributed by atoms with Gasteiger partial charge in [-0.15, -0.1) is 0 Å². The highest BCUT2D eigenvalue weighted by Crippen LogP contribution is 2.28. The van der Waals surface area contributed by atoms with E-state index in [1.54, 1.807) is 0 Å². The molecule has 0 saturated heterocycles. The number of nitrogens with one attached hydrogen (secondary N) is 1. The second-order valence-corrected chi connectivity index (χ2v) is 4.73. The minimum atomic E-state index is -0.146. The number of hydrogen-bond acceptors (Lipinski definition) is 3. The highest BCUT2D eigenvalue weighted by atomic mass is 16.3. The van der Waals surface area contributed by atoms with E-state index in [0.29, 0.717) is 12.0 Å². The molecule has 3 unspecified atom stereocenters. The molecule has 0 heterocycles. The largest absolute Gasteiger partial charge is 0.395 e. The fourth-order valence-electron chi connectivity index (χ4n) is 2.23. The fraction of sp³-hybridized carbons (Fsp3) is 1.00. The lowest BCUT2D eigenvalue weighted by Crippen LogP contribution is -2.48. The Labute approximate surface area is 86.5 Å². The van der Waals surface area contributed by atoms with Gasteiger partial charge in [-0.3, -0.25) is 0 Å². The molecular formula is C11H23NO2. The smallest absolute Gasteiger partial charge is 0.0607 e. The minimum absolute atomic E-state index is 0.0219. The Morgan fingerprint density at radius 1 is 1.21 bits per heavy atom. The summed E-state index contributed by atoms with van der Waals surface area (Å²) in [5.41, 5.74) is 0. The van der Waals surface area contributed by atoms with Crippen LogP contribution in [0.3, 0.4) is 0 Å². The molecule has 3 nitrogen and oxygen atoms in total. The molecule has 1 fully saturated rings. The third-order valence-electron chi connectivity index (χ3n) is 3.35. The topological polar surface area (TPSA) is 52.5 Å². The average Bonchev–Trinajstić information content (AvgIpc) is 2.19. The molecule has 0 aliphatic heterocycles. The minimum Gasteiger partial charge on any atom is -0.395 e. The number of aliphatic hydroxyl groups is 2. The zero-order chi connectivity index (χ0) is 10.6. The van der Waals surface area contributed by atoms with Crippen LogP contribution in [0.1, 0.15) is 33.1 Å². The summed E-state index contributed by atoms with van der Waals surface area (Å²) in [6.07, 6.45) is 3.72. The van der Waals surface area contributed by atoms with Crippen molar-refractivity contribution in [2.24, 2.45) is 11.8 Å². The van der Waals surface area contributed by atoms with E-state index in [2.05, 4.69) is 19.2 Å². The van der Waals surface area contributed by atoms with Crippen molar-refractivity contribution in [3.63, 3.8) is 0 Å².